The van der Waals surface area contributed by atoms with Gasteiger partial charge in [-0.15, -0.1) is 0 Å². The normalized spacial score (nSPS) is 18.4. The molecule has 0 radical (unpaired) electrons. The number of imide groups is 1. The minimum atomic E-state index is -0.279. The van der Waals surface area contributed by atoms with Gasteiger partial charge in [-0.2, -0.15) is 0 Å². The Labute approximate surface area is 102 Å². The molecule has 2 amide bonds. The van der Waals surface area contributed by atoms with Crippen LogP contribution < -0.4 is 0 Å². The van der Waals surface area contributed by atoms with Gasteiger partial charge < -0.3 is 9.15 Å². The van der Waals surface area contributed by atoms with E-state index < -0.39 is 0 Å². The summed E-state index contributed by atoms with van der Waals surface area (Å²) in [6.07, 6.45) is 4.67. The third-order valence-electron chi connectivity index (χ3n) is 2.23. The molecule has 0 spiro atoms. The van der Waals surface area contributed by atoms with Crippen LogP contribution in [0.3, 0.4) is 0 Å². The number of nitrogens with zero attached hydrogens (tertiary/aromatic N) is 1. The summed E-state index contributed by atoms with van der Waals surface area (Å²) < 4.78 is 9.75. The Morgan fingerprint density at radius 1 is 1.53 bits per heavy atom. The van der Waals surface area contributed by atoms with Gasteiger partial charge in [-0.25, -0.2) is 0 Å². The van der Waals surface area contributed by atoms with Crippen LogP contribution in [0.4, 0.5) is 4.79 Å². The van der Waals surface area contributed by atoms with Crippen LogP contribution >= 0.6 is 11.8 Å². The van der Waals surface area contributed by atoms with E-state index in [2.05, 4.69) is 0 Å². The van der Waals surface area contributed by atoms with Crippen molar-refractivity contribution in [1.82, 2.24) is 4.90 Å². The summed E-state index contributed by atoms with van der Waals surface area (Å²) in [5.74, 6) is -0.279. The predicted molar refractivity (Wildman–Crippen MR) is 63.3 cm³/mol. The molecule has 1 aromatic heterocycles. The van der Waals surface area contributed by atoms with Crippen LogP contribution in [-0.4, -0.2) is 36.3 Å². The number of amides is 2. The summed E-state index contributed by atoms with van der Waals surface area (Å²) in [4.78, 5) is 25.0. The first-order chi connectivity index (χ1) is 8.22. The molecule has 0 aromatic carbocycles. The maximum Gasteiger partial charge on any atom is 0.293 e. The van der Waals surface area contributed by atoms with E-state index in [1.807, 2.05) is 0 Å². The van der Waals surface area contributed by atoms with E-state index in [0.29, 0.717) is 11.5 Å². The Bertz CT molecular complexity index is 452. The number of hydrogen-bond donors (Lipinski definition) is 0. The van der Waals surface area contributed by atoms with Crippen molar-refractivity contribution in [2.24, 2.45) is 0 Å². The second-order valence-corrected chi connectivity index (χ2v) is 4.38. The lowest BCUT2D eigenvalue weighted by Gasteiger charge is -2.10. The van der Waals surface area contributed by atoms with Crippen LogP contribution in [0, 0.1) is 0 Å². The van der Waals surface area contributed by atoms with Crippen LogP contribution in [-0.2, 0) is 9.53 Å². The number of carbonyl (C=O) groups is 2. The maximum absolute atomic E-state index is 11.9. The molecule has 1 fully saturated rings. The van der Waals surface area contributed by atoms with E-state index in [-0.39, 0.29) is 17.7 Å². The lowest BCUT2D eigenvalue weighted by molar-refractivity contribution is -0.123. The number of carbonyl (C=O) groups excluding carboxylic acids is 2. The highest BCUT2D eigenvalue weighted by molar-refractivity contribution is 8.18. The zero-order valence-electron chi connectivity index (χ0n) is 9.21. The van der Waals surface area contributed by atoms with Crippen molar-refractivity contribution in [2.75, 3.05) is 20.3 Å². The molecular formula is C11H11NO4S. The topological polar surface area (TPSA) is 59.8 Å². The minimum absolute atomic E-state index is 0.262. The molecule has 1 saturated heterocycles. The number of methoxy groups -OCH3 is 1. The monoisotopic (exact) mass is 253 g/mol. The molecule has 5 nitrogen and oxygen atoms in total. The molecular weight excluding hydrogens is 242 g/mol. The van der Waals surface area contributed by atoms with Gasteiger partial charge in [0.2, 0.25) is 0 Å². The van der Waals surface area contributed by atoms with Crippen LogP contribution in [0.2, 0.25) is 0 Å². The molecule has 2 rings (SSSR count). The summed E-state index contributed by atoms with van der Waals surface area (Å²) in [5.41, 5.74) is 0.766. The van der Waals surface area contributed by atoms with E-state index in [1.165, 1.54) is 24.5 Å². The van der Waals surface area contributed by atoms with Crippen LogP contribution in [0.15, 0.2) is 27.9 Å². The Hall–Kier alpha value is -1.53. The van der Waals surface area contributed by atoms with Crippen molar-refractivity contribution in [3.63, 3.8) is 0 Å². The molecule has 0 unspecified atom stereocenters. The first-order valence-corrected chi connectivity index (χ1v) is 5.80. The molecule has 1 aliphatic heterocycles. The molecule has 2 heterocycles. The average Bonchev–Trinajstić information content (AvgIpc) is 2.89. The second-order valence-electron chi connectivity index (χ2n) is 3.38. The largest absolute Gasteiger partial charge is 0.472 e. The SMILES string of the molecule is COCCN1C(=O)S/C(=C/c2ccoc2)C1=O. The smallest absolute Gasteiger partial charge is 0.293 e. The highest BCUT2D eigenvalue weighted by atomic mass is 32.2. The number of rotatable bonds is 4. The van der Waals surface area contributed by atoms with E-state index in [1.54, 1.807) is 12.1 Å². The molecule has 0 bridgehead atoms. The Balaban J connectivity index is 2.13. The molecule has 90 valence electrons. The Morgan fingerprint density at radius 3 is 3.00 bits per heavy atom. The lowest BCUT2D eigenvalue weighted by atomic mass is 10.3. The first kappa shape index (κ1) is 11.9. The van der Waals surface area contributed by atoms with Gasteiger partial charge in [-0.1, -0.05) is 0 Å². The molecule has 0 atom stereocenters. The van der Waals surface area contributed by atoms with Gasteiger partial charge >= 0.3 is 0 Å². The van der Waals surface area contributed by atoms with Crippen molar-refractivity contribution in [1.29, 1.82) is 0 Å². The second kappa shape index (κ2) is 5.20. The van der Waals surface area contributed by atoms with Gasteiger partial charge in [0.25, 0.3) is 11.1 Å². The van der Waals surface area contributed by atoms with Gasteiger partial charge in [0, 0.05) is 12.7 Å². The zero-order valence-corrected chi connectivity index (χ0v) is 10.0. The van der Waals surface area contributed by atoms with Gasteiger partial charge in [0.15, 0.2) is 0 Å². The highest BCUT2D eigenvalue weighted by Gasteiger charge is 2.34. The third-order valence-corrected chi connectivity index (χ3v) is 3.14. The summed E-state index contributed by atoms with van der Waals surface area (Å²) in [6.45, 7) is 0.626. The van der Waals surface area contributed by atoms with Crippen LogP contribution in [0.25, 0.3) is 6.08 Å². The number of ether oxygens (including phenoxy) is 1. The molecule has 17 heavy (non-hydrogen) atoms. The molecule has 1 aliphatic rings. The summed E-state index contributed by atoms with van der Waals surface area (Å²) in [6, 6.07) is 1.73. The number of hydrogen-bond acceptors (Lipinski definition) is 5. The Morgan fingerprint density at radius 2 is 2.35 bits per heavy atom. The quantitative estimate of drug-likeness (QED) is 0.768. The predicted octanol–water partition coefficient (Wildman–Crippen LogP) is 1.96. The van der Waals surface area contributed by atoms with Crippen LogP contribution in [0.5, 0.6) is 0 Å². The molecule has 1 aromatic rings. The van der Waals surface area contributed by atoms with E-state index in [4.69, 9.17) is 9.15 Å². The molecule has 0 saturated carbocycles. The number of thioether (sulfide) groups is 1. The van der Waals surface area contributed by atoms with Crippen LogP contribution in [0.1, 0.15) is 5.56 Å². The van der Waals surface area contributed by atoms with Gasteiger partial charge in [0.1, 0.15) is 0 Å². The average molecular weight is 253 g/mol. The maximum atomic E-state index is 11.9. The van der Waals surface area contributed by atoms with E-state index in [0.717, 1.165) is 17.3 Å². The summed E-state index contributed by atoms with van der Waals surface area (Å²) in [5, 5.41) is -0.262. The highest BCUT2D eigenvalue weighted by Crippen LogP contribution is 2.31. The van der Waals surface area contributed by atoms with Crippen molar-refractivity contribution >= 4 is 29.0 Å². The Kier molecular flexibility index (Phi) is 3.65. The van der Waals surface area contributed by atoms with Crippen molar-refractivity contribution in [3.05, 3.63) is 29.1 Å². The van der Waals surface area contributed by atoms with Crippen molar-refractivity contribution in [3.8, 4) is 0 Å². The first-order valence-electron chi connectivity index (χ1n) is 4.99. The van der Waals surface area contributed by atoms with Crippen molar-refractivity contribution < 1.29 is 18.7 Å². The fraction of sp³-hybridized carbons (Fsp3) is 0.273. The van der Waals surface area contributed by atoms with Gasteiger partial charge in [-0.3, -0.25) is 14.5 Å². The van der Waals surface area contributed by atoms with Crippen molar-refractivity contribution in [2.45, 2.75) is 0 Å². The molecule has 6 heteroatoms. The van der Waals surface area contributed by atoms with E-state index >= 15 is 0 Å². The molecule has 0 aliphatic carbocycles. The lowest BCUT2D eigenvalue weighted by Crippen LogP contribution is -2.31. The fourth-order valence-electron chi connectivity index (χ4n) is 1.38. The van der Waals surface area contributed by atoms with Gasteiger partial charge in [0.05, 0.1) is 30.6 Å². The number of furan rings is 1. The van der Waals surface area contributed by atoms with E-state index in [9.17, 15) is 9.59 Å². The standard InChI is InChI=1S/C11H11NO4S/c1-15-5-3-12-10(13)9(17-11(12)14)6-8-2-4-16-7-8/h2,4,6-7H,3,5H2,1H3/b9-6+. The zero-order chi connectivity index (χ0) is 12.3. The molecule has 0 N–H and O–H groups in total. The summed E-state index contributed by atoms with van der Waals surface area (Å²) in [7, 11) is 1.53. The fourth-order valence-corrected chi connectivity index (χ4v) is 2.25. The summed E-state index contributed by atoms with van der Waals surface area (Å²) >= 11 is 0.932. The minimum Gasteiger partial charge on any atom is -0.472 e. The van der Waals surface area contributed by atoms with Gasteiger partial charge in [-0.05, 0) is 23.9 Å². The third kappa shape index (κ3) is 2.59.